The Kier molecular flexibility index (Phi) is 4.89. The van der Waals surface area contributed by atoms with E-state index in [1.165, 1.54) is 47.2 Å². The van der Waals surface area contributed by atoms with E-state index in [9.17, 15) is 22.8 Å². The lowest BCUT2D eigenvalue weighted by molar-refractivity contribution is -0.137. The number of nitrogens with one attached hydrogen (secondary N) is 1. The number of carbonyl (C=O) groups excluding carboxylic acids is 1. The standard InChI is InChI=1S/C19H15F3N2O3/c1-2-24-11-14(6-9-17(24)25)23-18(26)16-8-7-15(27-16)12-4-3-5-13(10-12)19(20,21)22/h3-11H,2H2,1H3,(H,23,26). The van der Waals surface area contributed by atoms with Gasteiger partial charge >= 0.3 is 6.18 Å². The summed E-state index contributed by atoms with van der Waals surface area (Å²) in [4.78, 5) is 23.9. The number of amides is 1. The quantitative estimate of drug-likeness (QED) is 0.734. The third-order valence-electron chi connectivity index (χ3n) is 3.89. The van der Waals surface area contributed by atoms with E-state index in [-0.39, 0.29) is 22.6 Å². The molecule has 3 aromatic rings. The molecule has 0 fully saturated rings. The van der Waals surface area contributed by atoms with E-state index in [0.717, 1.165) is 12.1 Å². The van der Waals surface area contributed by atoms with Crippen LogP contribution in [-0.4, -0.2) is 10.5 Å². The molecule has 140 valence electrons. The molecule has 1 N–H and O–H groups in total. The SMILES string of the molecule is CCn1cc(NC(=O)c2ccc(-c3cccc(C(F)(F)F)c3)o2)ccc1=O. The predicted octanol–water partition coefficient (Wildman–Crippen LogP) is 4.40. The molecule has 3 rings (SSSR count). The van der Waals surface area contributed by atoms with Gasteiger partial charge in [0, 0.05) is 24.4 Å². The van der Waals surface area contributed by atoms with Crippen molar-refractivity contribution >= 4 is 11.6 Å². The Bertz CT molecular complexity index is 1030. The van der Waals surface area contributed by atoms with Crippen LogP contribution in [0.2, 0.25) is 0 Å². The molecular formula is C19H15F3N2O3. The van der Waals surface area contributed by atoms with Crippen molar-refractivity contribution in [3.05, 3.63) is 76.4 Å². The van der Waals surface area contributed by atoms with Crippen molar-refractivity contribution in [3.8, 4) is 11.3 Å². The highest BCUT2D eigenvalue weighted by atomic mass is 19.4. The fraction of sp³-hybridized carbons (Fsp3) is 0.158. The molecule has 0 saturated heterocycles. The maximum Gasteiger partial charge on any atom is 0.416 e. The normalized spacial score (nSPS) is 11.4. The van der Waals surface area contributed by atoms with Crippen LogP contribution in [-0.2, 0) is 12.7 Å². The van der Waals surface area contributed by atoms with Gasteiger partial charge in [-0.3, -0.25) is 9.59 Å². The predicted molar refractivity (Wildman–Crippen MR) is 93.5 cm³/mol. The molecule has 1 amide bonds. The Morgan fingerprint density at radius 1 is 1.15 bits per heavy atom. The second kappa shape index (κ2) is 7.14. The van der Waals surface area contributed by atoms with E-state index in [0.29, 0.717) is 12.2 Å². The fourth-order valence-electron chi connectivity index (χ4n) is 2.51. The van der Waals surface area contributed by atoms with Gasteiger partial charge < -0.3 is 14.3 Å². The molecule has 0 spiro atoms. The molecule has 0 aliphatic rings. The number of hydrogen-bond donors (Lipinski definition) is 1. The van der Waals surface area contributed by atoms with E-state index >= 15 is 0 Å². The van der Waals surface area contributed by atoms with Crippen molar-refractivity contribution in [2.75, 3.05) is 5.32 Å². The Morgan fingerprint density at radius 2 is 1.93 bits per heavy atom. The minimum Gasteiger partial charge on any atom is -0.451 e. The van der Waals surface area contributed by atoms with Gasteiger partial charge in [0.1, 0.15) is 5.76 Å². The second-order valence-corrected chi connectivity index (χ2v) is 5.74. The molecule has 0 bridgehead atoms. The van der Waals surface area contributed by atoms with Crippen LogP contribution >= 0.6 is 0 Å². The van der Waals surface area contributed by atoms with Gasteiger partial charge in [-0.25, -0.2) is 0 Å². The Balaban J connectivity index is 1.81. The molecule has 0 aliphatic carbocycles. The first-order valence-corrected chi connectivity index (χ1v) is 8.07. The van der Waals surface area contributed by atoms with Crippen LogP contribution in [0.25, 0.3) is 11.3 Å². The first-order valence-electron chi connectivity index (χ1n) is 8.07. The van der Waals surface area contributed by atoms with Crippen LogP contribution in [0.4, 0.5) is 18.9 Å². The van der Waals surface area contributed by atoms with Crippen LogP contribution in [0.5, 0.6) is 0 Å². The van der Waals surface area contributed by atoms with Gasteiger partial charge in [0.15, 0.2) is 5.76 Å². The molecule has 2 heterocycles. The lowest BCUT2D eigenvalue weighted by Crippen LogP contribution is -2.19. The molecule has 5 nitrogen and oxygen atoms in total. The number of aromatic nitrogens is 1. The molecule has 0 radical (unpaired) electrons. The van der Waals surface area contributed by atoms with Crippen molar-refractivity contribution < 1.29 is 22.4 Å². The molecule has 0 aliphatic heterocycles. The molecule has 1 aromatic carbocycles. The van der Waals surface area contributed by atoms with Gasteiger partial charge in [-0.05, 0) is 37.3 Å². The number of hydrogen-bond acceptors (Lipinski definition) is 3. The fourth-order valence-corrected chi connectivity index (χ4v) is 2.51. The molecular weight excluding hydrogens is 361 g/mol. The van der Waals surface area contributed by atoms with Gasteiger partial charge in [0.05, 0.1) is 11.3 Å². The zero-order chi connectivity index (χ0) is 19.6. The summed E-state index contributed by atoms with van der Waals surface area (Å²) in [6.07, 6.45) is -2.97. The van der Waals surface area contributed by atoms with Gasteiger partial charge in [-0.2, -0.15) is 13.2 Å². The topological polar surface area (TPSA) is 64.2 Å². The molecule has 27 heavy (non-hydrogen) atoms. The average Bonchev–Trinajstić information content (AvgIpc) is 3.13. The van der Waals surface area contributed by atoms with Gasteiger partial charge in [0.2, 0.25) is 0 Å². The lowest BCUT2D eigenvalue weighted by Gasteiger charge is -2.08. The summed E-state index contributed by atoms with van der Waals surface area (Å²) in [5.41, 5.74) is -0.383. The van der Waals surface area contributed by atoms with Gasteiger partial charge in [-0.15, -0.1) is 0 Å². The molecule has 0 saturated carbocycles. The molecule has 0 unspecified atom stereocenters. The maximum atomic E-state index is 12.8. The Morgan fingerprint density at radius 3 is 2.63 bits per heavy atom. The highest BCUT2D eigenvalue weighted by Gasteiger charge is 2.30. The van der Waals surface area contributed by atoms with Crippen LogP contribution < -0.4 is 10.9 Å². The third-order valence-corrected chi connectivity index (χ3v) is 3.89. The number of rotatable bonds is 4. The summed E-state index contributed by atoms with van der Waals surface area (Å²) in [7, 11) is 0. The zero-order valence-corrected chi connectivity index (χ0v) is 14.2. The number of carbonyl (C=O) groups is 1. The van der Waals surface area contributed by atoms with Crippen molar-refractivity contribution in [1.82, 2.24) is 4.57 Å². The Hall–Kier alpha value is -3.29. The number of halogens is 3. The number of benzene rings is 1. The van der Waals surface area contributed by atoms with E-state index < -0.39 is 17.6 Å². The van der Waals surface area contributed by atoms with E-state index in [1.54, 1.807) is 6.92 Å². The number of nitrogens with zero attached hydrogens (tertiary/aromatic N) is 1. The summed E-state index contributed by atoms with van der Waals surface area (Å²) >= 11 is 0. The van der Waals surface area contributed by atoms with Crippen molar-refractivity contribution in [1.29, 1.82) is 0 Å². The summed E-state index contributed by atoms with van der Waals surface area (Å²) in [6, 6.07) is 10.2. The van der Waals surface area contributed by atoms with Crippen molar-refractivity contribution in [2.24, 2.45) is 0 Å². The van der Waals surface area contributed by atoms with Crippen molar-refractivity contribution in [2.45, 2.75) is 19.6 Å². The number of furan rings is 1. The van der Waals surface area contributed by atoms with Crippen LogP contribution in [0.1, 0.15) is 23.0 Å². The van der Waals surface area contributed by atoms with E-state index in [1.807, 2.05) is 0 Å². The average molecular weight is 376 g/mol. The first kappa shape index (κ1) is 18.5. The van der Waals surface area contributed by atoms with E-state index in [2.05, 4.69) is 5.32 Å². The minimum atomic E-state index is -4.47. The smallest absolute Gasteiger partial charge is 0.416 e. The first-order chi connectivity index (χ1) is 12.8. The second-order valence-electron chi connectivity index (χ2n) is 5.74. The molecule has 8 heteroatoms. The summed E-state index contributed by atoms with van der Waals surface area (Å²) in [5.74, 6) is -0.490. The van der Waals surface area contributed by atoms with Crippen LogP contribution in [0.3, 0.4) is 0 Å². The van der Waals surface area contributed by atoms with E-state index in [4.69, 9.17) is 4.42 Å². The molecule has 0 atom stereocenters. The lowest BCUT2D eigenvalue weighted by atomic mass is 10.1. The summed E-state index contributed by atoms with van der Waals surface area (Å²) in [5, 5.41) is 2.59. The summed E-state index contributed by atoms with van der Waals surface area (Å²) < 4.78 is 45.3. The number of alkyl halides is 3. The Labute approximate surface area is 152 Å². The third kappa shape index (κ3) is 4.11. The highest BCUT2D eigenvalue weighted by Crippen LogP contribution is 2.32. The maximum absolute atomic E-state index is 12.8. The number of aryl methyl sites for hydroxylation is 1. The molecule has 2 aromatic heterocycles. The number of pyridine rings is 1. The minimum absolute atomic E-state index is 0.0586. The highest BCUT2D eigenvalue weighted by molar-refractivity contribution is 6.02. The van der Waals surface area contributed by atoms with Crippen LogP contribution in [0.15, 0.2) is 63.9 Å². The monoisotopic (exact) mass is 376 g/mol. The van der Waals surface area contributed by atoms with Crippen LogP contribution in [0, 0.1) is 0 Å². The largest absolute Gasteiger partial charge is 0.451 e. The van der Waals surface area contributed by atoms with Gasteiger partial charge in [-0.1, -0.05) is 12.1 Å². The van der Waals surface area contributed by atoms with Crippen molar-refractivity contribution in [3.63, 3.8) is 0 Å². The zero-order valence-electron chi connectivity index (χ0n) is 14.2. The number of anilines is 1. The summed E-state index contributed by atoms with van der Waals surface area (Å²) in [6.45, 7) is 2.24. The van der Waals surface area contributed by atoms with Gasteiger partial charge in [0.25, 0.3) is 11.5 Å².